The highest BCUT2D eigenvalue weighted by molar-refractivity contribution is 7.78. The van der Waals surface area contributed by atoms with Crippen LogP contribution in [0, 0.1) is 0 Å². The molecule has 0 saturated carbocycles. The average Bonchev–Trinajstić information content (AvgIpc) is 2.19. The summed E-state index contributed by atoms with van der Waals surface area (Å²) in [6.07, 6.45) is 0. The van der Waals surface area contributed by atoms with Crippen LogP contribution in [0.2, 0.25) is 0 Å². The molecule has 0 aliphatic carbocycles. The van der Waals surface area contributed by atoms with Gasteiger partial charge in [0.1, 0.15) is 0 Å². The van der Waals surface area contributed by atoms with E-state index in [-0.39, 0.29) is 13.5 Å². The third kappa shape index (κ3) is 6.21. The van der Waals surface area contributed by atoms with Crippen molar-refractivity contribution in [1.82, 2.24) is 0 Å². The normalized spacial score (nSPS) is 13.5. The van der Waals surface area contributed by atoms with Gasteiger partial charge in [0.05, 0.1) is 10.3 Å². The molecule has 0 fully saturated rings. The van der Waals surface area contributed by atoms with Crippen LogP contribution in [-0.4, -0.2) is 30.9 Å². The lowest BCUT2D eigenvalue weighted by Gasteiger charge is -2.11. The van der Waals surface area contributed by atoms with E-state index in [2.05, 4.69) is 48.0 Å². The van der Waals surface area contributed by atoms with Crippen LogP contribution < -0.4 is 0 Å². The fourth-order valence-electron chi connectivity index (χ4n) is 0.395. The Bertz CT molecular complexity index is 285. The summed E-state index contributed by atoms with van der Waals surface area (Å²) in [6.45, 7) is -0.508. The quantitative estimate of drug-likeness (QED) is 0.392. The Morgan fingerprint density at radius 2 is 1.64 bits per heavy atom. The van der Waals surface area contributed by atoms with Gasteiger partial charge < -0.3 is 0 Å². The molecule has 6 nitrogen and oxygen atoms in total. The molecule has 0 rings (SSSR count). The standard InChI is InChI=1S/C5H7N2O4PS2/c1-9-12(8,10-2-6-4-13)11-3-7-5-14/h2-3H2,1H3. The Morgan fingerprint density at radius 1 is 1.21 bits per heavy atom. The Hall–Kier alpha value is -0.290. The van der Waals surface area contributed by atoms with E-state index in [0.29, 0.717) is 0 Å². The van der Waals surface area contributed by atoms with Gasteiger partial charge >= 0.3 is 7.82 Å². The van der Waals surface area contributed by atoms with Crippen LogP contribution in [0.25, 0.3) is 0 Å². The van der Waals surface area contributed by atoms with Crippen molar-refractivity contribution in [2.75, 3.05) is 20.6 Å². The van der Waals surface area contributed by atoms with E-state index in [1.54, 1.807) is 0 Å². The first-order valence-electron chi connectivity index (χ1n) is 3.20. The summed E-state index contributed by atoms with van der Waals surface area (Å²) in [5, 5.41) is 4.06. The van der Waals surface area contributed by atoms with Gasteiger partial charge in [0.15, 0.2) is 13.5 Å². The van der Waals surface area contributed by atoms with Crippen LogP contribution in [0.4, 0.5) is 0 Å². The molecule has 0 spiro atoms. The maximum atomic E-state index is 11.4. The molecule has 14 heavy (non-hydrogen) atoms. The van der Waals surface area contributed by atoms with Gasteiger partial charge in [-0.3, -0.25) is 13.6 Å². The number of hydrogen-bond acceptors (Lipinski definition) is 8. The largest absolute Gasteiger partial charge is 0.478 e. The first kappa shape index (κ1) is 13.7. The van der Waals surface area contributed by atoms with E-state index in [0.717, 1.165) is 0 Å². The minimum atomic E-state index is -3.62. The molecule has 0 aliphatic rings. The van der Waals surface area contributed by atoms with Crippen molar-refractivity contribution in [3.05, 3.63) is 0 Å². The number of aliphatic imine (C=N–C) groups is 2. The number of phosphoric ester groups is 1. The second kappa shape index (κ2) is 8.05. The number of rotatable bonds is 7. The Labute approximate surface area is 91.6 Å². The molecule has 0 aromatic rings. The Morgan fingerprint density at radius 3 is 1.93 bits per heavy atom. The van der Waals surface area contributed by atoms with Crippen molar-refractivity contribution in [1.29, 1.82) is 0 Å². The molecule has 0 aromatic carbocycles. The summed E-state index contributed by atoms with van der Waals surface area (Å²) >= 11 is 8.55. The van der Waals surface area contributed by atoms with E-state index in [9.17, 15) is 4.57 Å². The predicted octanol–water partition coefficient (Wildman–Crippen LogP) is 1.89. The van der Waals surface area contributed by atoms with Gasteiger partial charge in [-0.2, -0.15) is 0 Å². The van der Waals surface area contributed by atoms with E-state index in [4.69, 9.17) is 0 Å². The summed E-state index contributed by atoms with van der Waals surface area (Å²) < 4.78 is 25.2. The van der Waals surface area contributed by atoms with Gasteiger partial charge in [-0.1, -0.05) is 0 Å². The number of hydrogen-bond donors (Lipinski definition) is 0. The summed E-state index contributed by atoms with van der Waals surface area (Å²) in [5.41, 5.74) is 0. The molecule has 0 aromatic heterocycles. The van der Waals surface area contributed by atoms with Crippen molar-refractivity contribution in [2.24, 2.45) is 9.98 Å². The third-order valence-corrected chi connectivity index (χ3v) is 2.48. The molecular formula is C5H7N2O4PS2. The zero-order valence-corrected chi connectivity index (χ0v) is 9.73. The van der Waals surface area contributed by atoms with Crippen LogP contribution in [0.3, 0.4) is 0 Å². The highest BCUT2D eigenvalue weighted by Crippen LogP contribution is 2.48. The molecule has 0 amide bonds. The van der Waals surface area contributed by atoms with Gasteiger partial charge in [0.25, 0.3) is 0 Å². The molecule has 0 heterocycles. The van der Waals surface area contributed by atoms with Gasteiger partial charge in [-0.25, -0.2) is 14.5 Å². The molecule has 0 bridgehead atoms. The van der Waals surface area contributed by atoms with Gasteiger partial charge in [0, 0.05) is 7.11 Å². The summed E-state index contributed by atoms with van der Waals surface area (Å²) in [6, 6.07) is 0. The fourth-order valence-corrected chi connectivity index (χ4v) is 1.18. The van der Waals surface area contributed by atoms with Gasteiger partial charge in [-0.15, -0.1) is 0 Å². The van der Waals surface area contributed by atoms with E-state index < -0.39 is 7.82 Å². The summed E-state index contributed by atoms with van der Waals surface area (Å²) in [5.74, 6) is 0. The molecule has 0 atom stereocenters. The lowest BCUT2D eigenvalue weighted by molar-refractivity contribution is 0.137. The van der Waals surface area contributed by atoms with Crippen LogP contribution in [0.5, 0.6) is 0 Å². The van der Waals surface area contributed by atoms with Crippen LogP contribution in [0.15, 0.2) is 9.98 Å². The molecule has 0 saturated heterocycles. The smallest absolute Gasteiger partial charge is 0.290 e. The molecule has 0 aliphatic heterocycles. The van der Waals surface area contributed by atoms with Crippen molar-refractivity contribution in [3.63, 3.8) is 0 Å². The molecule has 0 unspecified atom stereocenters. The number of thiocarbonyl (C=S) groups is 2. The predicted molar refractivity (Wildman–Crippen MR) is 56.6 cm³/mol. The average molecular weight is 254 g/mol. The van der Waals surface area contributed by atoms with Crippen molar-refractivity contribution in [3.8, 4) is 0 Å². The maximum absolute atomic E-state index is 11.4. The summed E-state index contributed by atoms with van der Waals surface area (Å²) in [7, 11) is -2.45. The molecule has 0 radical (unpaired) electrons. The molecule has 0 N–H and O–H groups in total. The highest BCUT2D eigenvalue weighted by Gasteiger charge is 2.24. The van der Waals surface area contributed by atoms with Gasteiger partial charge in [0.2, 0.25) is 0 Å². The van der Waals surface area contributed by atoms with Crippen molar-refractivity contribution < 1.29 is 18.1 Å². The molecule has 9 heteroatoms. The maximum Gasteiger partial charge on any atom is 0.478 e. The van der Waals surface area contributed by atoms with E-state index in [1.807, 2.05) is 10.3 Å². The lowest BCUT2D eigenvalue weighted by atomic mass is 11.3. The number of isothiocyanates is 2. The minimum absolute atomic E-state index is 0.254. The molecular weight excluding hydrogens is 247 g/mol. The second-order valence-electron chi connectivity index (χ2n) is 1.64. The van der Waals surface area contributed by atoms with Crippen molar-refractivity contribution in [2.45, 2.75) is 0 Å². The van der Waals surface area contributed by atoms with Crippen LogP contribution in [0.1, 0.15) is 0 Å². The number of phosphoric acid groups is 1. The van der Waals surface area contributed by atoms with E-state index >= 15 is 0 Å². The zero-order chi connectivity index (χ0) is 10.9. The minimum Gasteiger partial charge on any atom is -0.290 e. The topological polar surface area (TPSA) is 69.5 Å². The van der Waals surface area contributed by atoms with Crippen LogP contribution >= 0.6 is 32.3 Å². The van der Waals surface area contributed by atoms with E-state index in [1.165, 1.54) is 7.11 Å². The monoisotopic (exact) mass is 254 g/mol. The second-order valence-corrected chi connectivity index (χ2v) is 3.79. The molecule has 78 valence electrons. The van der Waals surface area contributed by atoms with Crippen molar-refractivity contribution >= 4 is 42.6 Å². The number of nitrogens with zero attached hydrogens (tertiary/aromatic N) is 2. The first-order chi connectivity index (χ1) is 6.68. The van der Waals surface area contributed by atoms with Gasteiger partial charge in [-0.05, 0) is 24.4 Å². The lowest BCUT2D eigenvalue weighted by Crippen LogP contribution is -1.98. The fraction of sp³-hybridized carbons (Fsp3) is 0.600. The Kier molecular flexibility index (Phi) is 7.89. The third-order valence-electron chi connectivity index (χ3n) is 0.914. The SMILES string of the molecule is COP(=O)(OCN=C=S)OCN=C=S. The first-order valence-corrected chi connectivity index (χ1v) is 5.48. The zero-order valence-electron chi connectivity index (χ0n) is 7.21. The highest BCUT2D eigenvalue weighted by atomic mass is 32.1. The Balaban J connectivity index is 4.10. The van der Waals surface area contributed by atoms with Crippen LogP contribution in [-0.2, 0) is 18.1 Å². The summed E-state index contributed by atoms with van der Waals surface area (Å²) in [4.78, 5) is 6.75.